The first-order valence-corrected chi connectivity index (χ1v) is 6.59. The quantitative estimate of drug-likeness (QED) is 0.880. The summed E-state index contributed by atoms with van der Waals surface area (Å²) in [5.74, 6) is 0.267. The van der Waals surface area contributed by atoms with Gasteiger partial charge in [0.2, 0.25) is 5.88 Å². The Labute approximate surface area is 118 Å². The van der Waals surface area contributed by atoms with Crippen molar-refractivity contribution < 1.29 is 9.13 Å². The monoisotopic (exact) mass is 275 g/mol. The number of aromatic nitrogens is 2. The Bertz CT molecular complexity index is 545. The number of benzene rings is 1. The Morgan fingerprint density at radius 2 is 2.00 bits per heavy atom. The van der Waals surface area contributed by atoms with Crippen LogP contribution < -0.4 is 10.1 Å². The van der Waals surface area contributed by atoms with Crippen molar-refractivity contribution in [3.8, 4) is 5.88 Å². The Balaban J connectivity index is 2.32. The molecule has 106 valence electrons. The molecule has 0 aliphatic carbocycles. The highest BCUT2D eigenvalue weighted by Crippen LogP contribution is 2.22. The lowest BCUT2D eigenvalue weighted by Crippen LogP contribution is -2.24. The fourth-order valence-corrected chi connectivity index (χ4v) is 1.96. The van der Waals surface area contributed by atoms with Crippen LogP contribution in [0.4, 0.5) is 4.39 Å². The Hall–Kier alpha value is -2.01. The molecule has 1 unspecified atom stereocenters. The minimum absolute atomic E-state index is 0.104. The van der Waals surface area contributed by atoms with Crippen molar-refractivity contribution in [3.05, 3.63) is 53.7 Å². The SMILES string of the molecule is CCCNC(c1ccc(F)cc1)c1cc(OC)ncn1. The van der Waals surface area contributed by atoms with E-state index in [1.165, 1.54) is 18.5 Å². The van der Waals surface area contributed by atoms with Crippen LogP contribution in [0.3, 0.4) is 0 Å². The van der Waals surface area contributed by atoms with E-state index in [2.05, 4.69) is 22.2 Å². The van der Waals surface area contributed by atoms with E-state index in [9.17, 15) is 4.39 Å². The fourth-order valence-electron chi connectivity index (χ4n) is 1.96. The van der Waals surface area contributed by atoms with Crippen LogP contribution in [0, 0.1) is 5.82 Å². The molecule has 0 amide bonds. The topological polar surface area (TPSA) is 47.0 Å². The van der Waals surface area contributed by atoms with Crippen molar-refractivity contribution in [1.29, 1.82) is 0 Å². The van der Waals surface area contributed by atoms with Crippen molar-refractivity contribution in [3.63, 3.8) is 0 Å². The van der Waals surface area contributed by atoms with Gasteiger partial charge < -0.3 is 10.1 Å². The van der Waals surface area contributed by atoms with E-state index in [1.54, 1.807) is 25.3 Å². The maximum Gasteiger partial charge on any atom is 0.216 e. The van der Waals surface area contributed by atoms with Crippen LogP contribution >= 0.6 is 0 Å². The van der Waals surface area contributed by atoms with Gasteiger partial charge in [-0.25, -0.2) is 14.4 Å². The van der Waals surface area contributed by atoms with Crippen molar-refractivity contribution in [2.75, 3.05) is 13.7 Å². The third-order valence-electron chi connectivity index (χ3n) is 2.97. The third kappa shape index (κ3) is 3.51. The molecule has 1 aromatic carbocycles. The lowest BCUT2D eigenvalue weighted by molar-refractivity contribution is 0.394. The van der Waals surface area contributed by atoms with Crippen LogP contribution in [0.15, 0.2) is 36.7 Å². The first kappa shape index (κ1) is 14.4. The molecule has 0 aliphatic rings. The molecule has 0 radical (unpaired) electrons. The van der Waals surface area contributed by atoms with Crippen molar-refractivity contribution in [1.82, 2.24) is 15.3 Å². The molecule has 1 atom stereocenters. The van der Waals surface area contributed by atoms with E-state index in [1.807, 2.05) is 0 Å². The zero-order chi connectivity index (χ0) is 14.4. The first-order chi connectivity index (χ1) is 9.74. The van der Waals surface area contributed by atoms with E-state index in [4.69, 9.17) is 4.74 Å². The second-order valence-electron chi connectivity index (χ2n) is 4.42. The largest absolute Gasteiger partial charge is 0.481 e. The van der Waals surface area contributed by atoms with Crippen LogP contribution in [0.25, 0.3) is 0 Å². The molecule has 0 spiro atoms. The Kier molecular flexibility index (Phi) is 5.01. The molecule has 20 heavy (non-hydrogen) atoms. The summed E-state index contributed by atoms with van der Waals surface area (Å²) in [5, 5.41) is 3.40. The van der Waals surface area contributed by atoms with Crippen LogP contribution in [-0.4, -0.2) is 23.6 Å². The van der Waals surface area contributed by atoms with Gasteiger partial charge in [0.15, 0.2) is 0 Å². The molecule has 1 N–H and O–H groups in total. The number of rotatable bonds is 6. The van der Waals surface area contributed by atoms with Crippen LogP contribution in [0.1, 0.15) is 30.6 Å². The summed E-state index contributed by atoms with van der Waals surface area (Å²) in [4.78, 5) is 8.30. The Morgan fingerprint density at radius 1 is 1.25 bits per heavy atom. The van der Waals surface area contributed by atoms with Gasteiger partial charge in [-0.05, 0) is 30.7 Å². The van der Waals surface area contributed by atoms with Crippen molar-refractivity contribution in [2.24, 2.45) is 0 Å². The number of nitrogens with one attached hydrogen (secondary N) is 1. The lowest BCUT2D eigenvalue weighted by Gasteiger charge is -2.18. The first-order valence-electron chi connectivity index (χ1n) is 6.59. The standard InChI is InChI=1S/C15H18FN3O/c1-3-8-17-15(11-4-6-12(16)7-5-11)13-9-14(20-2)19-10-18-13/h4-7,9-10,15,17H,3,8H2,1-2H3. The predicted molar refractivity (Wildman–Crippen MR) is 75.1 cm³/mol. The van der Waals surface area contributed by atoms with Gasteiger partial charge in [0.05, 0.1) is 18.8 Å². The summed E-state index contributed by atoms with van der Waals surface area (Å²) in [7, 11) is 1.57. The molecule has 0 aliphatic heterocycles. The van der Waals surface area contributed by atoms with Gasteiger partial charge in [0.25, 0.3) is 0 Å². The zero-order valence-corrected chi connectivity index (χ0v) is 11.6. The molecule has 2 rings (SSSR count). The number of ether oxygens (including phenoxy) is 1. The second-order valence-corrected chi connectivity index (χ2v) is 4.42. The van der Waals surface area contributed by atoms with Crippen LogP contribution in [-0.2, 0) is 0 Å². The van der Waals surface area contributed by atoms with Gasteiger partial charge in [-0.2, -0.15) is 0 Å². The predicted octanol–water partition coefficient (Wildman–Crippen LogP) is 2.71. The third-order valence-corrected chi connectivity index (χ3v) is 2.97. The van der Waals surface area contributed by atoms with Crippen LogP contribution in [0.2, 0.25) is 0 Å². The highest BCUT2D eigenvalue weighted by Gasteiger charge is 2.15. The number of hydrogen-bond donors (Lipinski definition) is 1. The summed E-state index contributed by atoms with van der Waals surface area (Å²) in [6, 6.07) is 8.11. The van der Waals surface area contributed by atoms with Gasteiger partial charge >= 0.3 is 0 Å². The molecule has 4 nitrogen and oxygen atoms in total. The molecule has 0 bridgehead atoms. The number of methoxy groups -OCH3 is 1. The van der Waals surface area contributed by atoms with Crippen molar-refractivity contribution >= 4 is 0 Å². The molecule has 1 heterocycles. The molecule has 0 saturated carbocycles. The summed E-state index contributed by atoms with van der Waals surface area (Å²) < 4.78 is 18.2. The minimum Gasteiger partial charge on any atom is -0.481 e. The molecule has 2 aromatic rings. The summed E-state index contributed by atoms with van der Waals surface area (Å²) in [6.45, 7) is 2.93. The molecular formula is C15H18FN3O. The molecule has 1 aromatic heterocycles. The van der Waals surface area contributed by atoms with Gasteiger partial charge in [-0.1, -0.05) is 19.1 Å². The van der Waals surface area contributed by atoms with Crippen molar-refractivity contribution in [2.45, 2.75) is 19.4 Å². The normalized spacial score (nSPS) is 12.2. The van der Waals surface area contributed by atoms with E-state index in [0.717, 1.165) is 24.2 Å². The van der Waals surface area contributed by atoms with Gasteiger partial charge in [0.1, 0.15) is 12.1 Å². The van der Waals surface area contributed by atoms with Gasteiger partial charge in [0, 0.05) is 6.07 Å². The van der Waals surface area contributed by atoms with Gasteiger partial charge in [-0.3, -0.25) is 0 Å². The molecule has 0 fully saturated rings. The average Bonchev–Trinajstić information content (AvgIpc) is 2.49. The average molecular weight is 275 g/mol. The summed E-state index contributed by atoms with van der Waals surface area (Å²) >= 11 is 0. The maximum absolute atomic E-state index is 13.1. The second kappa shape index (κ2) is 6.96. The zero-order valence-electron chi connectivity index (χ0n) is 11.6. The smallest absolute Gasteiger partial charge is 0.216 e. The fraction of sp³-hybridized carbons (Fsp3) is 0.333. The van der Waals surface area contributed by atoms with E-state index in [-0.39, 0.29) is 11.9 Å². The lowest BCUT2D eigenvalue weighted by atomic mass is 10.0. The summed E-state index contributed by atoms with van der Waals surface area (Å²) in [5.41, 5.74) is 1.76. The van der Waals surface area contributed by atoms with E-state index < -0.39 is 0 Å². The molecule has 0 saturated heterocycles. The summed E-state index contributed by atoms with van der Waals surface area (Å²) in [6.07, 6.45) is 2.47. The van der Waals surface area contributed by atoms with Gasteiger partial charge in [-0.15, -0.1) is 0 Å². The maximum atomic E-state index is 13.1. The highest BCUT2D eigenvalue weighted by atomic mass is 19.1. The minimum atomic E-state index is -0.247. The number of nitrogens with zero attached hydrogens (tertiary/aromatic N) is 2. The van der Waals surface area contributed by atoms with E-state index >= 15 is 0 Å². The number of halogens is 1. The number of hydrogen-bond acceptors (Lipinski definition) is 4. The molecular weight excluding hydrogens is 257 g/mol. The molecule has 5 heteroatoms. The van der Waals surface area contributed by atoms with E-state index in [0.29, 0.717) is 5.88 Å². The highest BCUT2D eigenvalue weighted by molar-refractivity contribution is 5.29. The van der Waals surface area contributed by atoms with Crippen LogP contribution in [0.5, 0.6) is 5.88 Å². The Morgan fingerprint density at radius 3 is 2.65 bits per heavy atom.